The van der Waals surface area contributed by atoms with Crippen LogP contribution in [0.2, 0.25) is 0 Å². The Hall–Kier alpha value is -1.59. The fourth-order valence-corrected chi connectivity index (χ4v) is 8.46. The number of piperidine rings is 1. The Bertz CT molecular complexity index is 921. The van der Waals surface area contributed by atoms with Gasteiger partial charge in [-0.3, -0.25) is 14.6 Å². The average molecular weight is 600 g/mol. The van der Waals surface area contributed by atoms with Crippen LogP contribution in [-0.2, 0) is 14.3 Å². The van der Waals surface area contributed by atoms with Crippen LogP contribution in [0.4, 0.5) is 0 Å². The fraction of sp³-hybridized carbons (Fsp3) is 0.909. The predicted molar refractivity (Wildman–Crippen MR) is 171 cm³/mol. The minimum atomic E-state index is -0.381. The molecule has 0 spiro atoms. The molecule has 1 amide bonds. The van der Waals surface area contributed by atoms with Crippen LogP contribution in [0.3, 0.4) is 0 Å². The van der Waals surface area contributed by atoms with Crippen LogP contribution in [0.15, 0.2) is 9.98 Å². The number of rotatable bonds is 8. The van der Waals surface area contributed by atoms with Crippen LogP contribution in [0, 0.1) is 0 Å². The highest BCUT2D eigenvalue weighted by atomic mass is 16.5. The second-order valence-corrected chi connectivity index (χ2v) is 13.6. The number of amides is 1. The van der Waals surface area contributed by atoms with Gasteiger partial charge in [-0.25, -0.2) is 9.98 Å². The van der Waals surface area contributed by atoms with Crippen molar-refractivity contribution in [1.82, 2.24) is 25.3 Å². The molecule has 43 heavy (non-hydrogen) atoms. The number of hydrogen-bond acceptors (Lipinski definition) is 9. The molecule has 6 aliphatic rings. The minimum Gasteiger partial charge on any atom is -0.381 e. The van der Waals surface area contributed by atoms with E-state index in [4.69, 9.17) is 19.5 Å². The number of carbonyl (C=O) groups excluding carboxylic acids is 1. The van der Waals surface area contributed by atoms with Crippen molar-refractivity contribution in [1.29, 1.82) is 0 Å². The Morgan fingerprint density at radius 2 is 1.74 bits per heavy atom. The SMILES string of the molecule is O=C(C1CNCCO1)N(CC[C@@H]1[C@@H](NC2=NC(N3CCCCCC3)CC=N2)CCCN1C1CCCCC1)C1CCOCC1. The maximum atomic E-state index is 13.9. The van der Waals surface area contributed by atoms with E-state index in [2.05, 4.69) is 31.5 Å². The monoisotopic (exact) mass is 599 g/mol. The molecule has 2 unspecified atom stereocenters. The van der Waals surface area contributed by atoms with Gasteiger partial charge in [0.2, 0.25) is 5.96 Å². The number of aliphatic imine (C=N–C) groups is 2. The number of likely N-dealkylation sites (tertiary alicyclic amines) is 2. The third-order valence-corrected chi connectivity index (χ3v) is 10.8. The molecule has 5 heterocycles. The fourth-order valence-electron chi connectivity index (χ4n) is 8.46. The molecule has 242 valence electrons. The predicted octanol–water partition coefficient (Wildman–Crippen LogP) is 3.16. The van der Waals surface area contributed by atoms with E-state index in [1.165, 1.54) is 64.2 Å². The molecule has 1 aliphatic carbocycles. The average Bonchev–Trinajstić information content (AvgIpc) is 3.37. The van der Waals surface area contributed by atoms with Crippen LogP contribution in [0.1, 0.15) is 96.3 Å². The van der Waals surface area contributed by atoms with Crippen molar-refractivity contribution >= 4 is 18.1 Å². The summed E-state index contributed by atoms with van der Waals surface area (Å²) in [5, 5.41) is 7.25. The Kier molecular flexibility index (Phi) is 11.8. The molecule has 5 fully saturated rings. The molecule has 0 aromatic carbocycles. The number of carbonyl (C=O) groups is 1. The summed E-state index contributed by atoms with van der Waals surface area (Å²) in [6.45, 7) is 7.70. The zero-order valence-electron chi connectivity index (χ0n) is 26.5. The van der Waals surface area contributed by atoms with Gasteiger partial charge in [0.25, 0.3) is 5.91 Å². The molecular formula is C33H57N7O3. The van der Waals surface area contributed by atoms with Gasteiger partial charge in [-0.05, 0) is 64.3 Å². The van der Waals surface area contributed by atoms with Gasteiger partial charge in [0, 0.05) is 82.7 Å². The summed E-state index contributed by atoms with van der Waals surface area (Å²) in [7, 11) is 0. The van der Waals surface area contributed by atoms with Crippen molar-refractivity contribution in [3.8, 4) is 0 Å². The largest absolute Gasteiger partial charge is 0.381 e. The molecule has 6 rings (SSSR count). The van der Waals surface area contributed by atoms with Crippen molar-refractivity contribution in [2.75, 3.05) is 59.1 Å². The second kappa shape index (κ2) is 16.1. The van der Waals surface area contributed by atoms with Gasteiger partial charge in [-0.2, -0.15) is 0 Å². The van der Waals surface area contributed by atoms with E-state index in [0.29, 0.717) is 25.2 Å². The van der Waals surface area contributed by atoms with Crippen molar-refractivity contribution in [3.63, 3.8) is 0 Å². The maximum absolute atomic E-state index is 13.9. The van der Waals surface area contributed by atoms with Crippen LogP contribution in [-0.4, -0.2) is 128 Å². The molecule has 0 aromatic rings. The third kappa shape index (κ3) is 8.37. The van der Waals surface area contributed by atoms with Crippen LogP contribution < -0.4 is 10.6 Å². The van der Waals surface area contributed by atoms with E-state index in [-0.39, 0.29) is 30.3 Å². The lowest BCUT2D eigenvalue weighted by atomic mass is 9.86. The molecule has 2 N–H and O–H groups in total. The second-order valence-electron chi connectivity index (χ2n) is 13.6. The lowest BCUT2D eigenvalue weighted by Crippen LogP contribution is -2.60. The highest BCUT2D eigenvalue weighted by Gasteiger charge is 2.39. The normalized spacial score (nSPS) is 32.6. The summed E-state index contributed by atoms with van der Waals surface area (Å²) < 4.78 is 11.7. The van der Waals surface area contributed by atoms with E-state index in [9.17, 15) is 4.79 Å². The first kappa shape index (κ1) is 31.4. The van der Waals surface area contributed by atoms with Crippen LogP contribution >= 0.6 is 0 Å². The summed E-state index contributed by atoms with van der Waals surface area (Å²) >= 11 is 0. The zero-order valence-corrected chi connectivity index (χ0v) is 26.5. The number of hydrogen-bond donors (Lipinski definition) is 2. The Balaban J connectivity index is 1.18. The van der Waals surface area contributed by atoms with Crippen LogP contribution in [0.25, 0.3) is 0 Å². The molecule has 4 saturated heterocycles. The number of ether oxygens (including phenoxy) is 2. The van der Waals surface area contributed by atoms with Gasteiger partial charge < -0.3 is 25.0 Å². The van der Waals surface area contributed by atoms with Gasteiger partial charge >= 0.3 is 0 Å². The lowest BCUT2D eigenvalue weighted by molar-refractivity contribution is -0.150. The number of nitrogens with one attached hydrogen (secondary N) is 2. The minimum absolute atomic E-state index is 0.158. The van der Waals surface area contributed by atoms with Gasteiger partial charge in [-0.1, -0.05) is 32.1 Å². The molecule has 10 heteroatoms. The first-order valence-electron chi connectivity index (χ1n) is 17.8. The van der Waals surface area contributed by atoms with E-state index in [0.717, 1.165) is 84.0 Å². The first-order valence-corrected chi connectivity index (χ1v) is 17.8. The Morgan fingerprint density at radius 3 is 2.51 bits per heavy atom. The Morgan fingerprint density at radius 1 is 0.953 bits per heavy atom. The van der Waals surface area contributed by atoms with Crippen molar-refractivity contribution in [2.24, 2.45) is 9.98 Å². The number of nitrogens with zero attached hydrogens (tertiary/aromatic N) is 5. The molecule has 5 aliphatic heterocycles. The molecule has 0 aromatic heterocycles. The summed E-state index contributed by atoms with van der Waals surface area (Å²) in [4.78, 5) is 31.5. The van der Waals surface area contributed by atoms with E-state index >= 15 is 0 Å². The van der Waals surface area contributed by atoms with Gasteiger partial charge in [0.05, 0.1) is 6.61 Å². The van der Waals surface area contributed by atoms with Gasteiger partial charge in [0.1, 0.15) is 12.3 Å². The van der Waals surface area contributed by atoms with Crippen molar-refractivity contribution in [3.05, 3.63) is 0 Å². The summed E-state index contributed by atoms with van der Waals surface area (Å²) in [5.74, 6) is 0.977. The highest BCUT2D eigenvalue weighted by molar-refractivity contribution is 5.90. The summed E-state index contributed by atoms with van der Waals surface area (Å²) in [5.41, 5.74) is 0. The first-order chi connectivity index (χ1) is 21.3. The molecule has 10 nitrogen and oxygen atoms in total. The maximum Gasteiger partial charge on any atom is 0.253 e. The smallest absolute Gasteiger partial charge is 0.253 e. The molecule has 4 atom stereocenters. The van der Waals surface area contributed by atoms with Gasteiger partial charge in [-0.15, -0.1) is 0 Å². The molecular weight excluding hydrogens is 542 g/mol. The Labute approximate surface area is 259 Å². The van der Waals surface area contributed by atoms with Gasteiger partial charge in [0.15, 0.2) is 0 Å². The molecule has 0 bridgehead atoms. The summed E-state index contributed by atoms with van der Waals surface area (Å²) in [6.07, 6.45) is 19.8. The zero-order chi connectivity index (χ0) is 29.3. The van der Waals surface area contributed by atoms with Crippen molar-refractivity contribution in [2.45, 2.75) is 133 Å². The van der Waals surface area contributed by atoms with Crippen molar-refractivity contribution < 1.29 is 14.3 Å². The highest BCUT2D eigenvalue weighted by Crippen LogP contribution is 2.31. The van der Waals surface area contributed by atoms with E-state index < -0.39 is 0 Å². The molecule has 1 saturated carbocycles. The summed E-state index contributed by atoms with van der Waals surface area (Å²) in [6, 6.07) is 1.51. The number of morpholine rings is 1. The quantitative estimate of drug-likeness (QED) is 0.443. The number of guanidine groups is 1. The van der Waals surface area contributed by atoms with Crippen LogP contribution in [0.5, 0.6) is 0 Å². The standard InChI is InChI=1S/C33H57N7O3/c41-32(30-25-34-17-24-43-30)40(27-14-22-42-23-15-27)21-13-29-28(11-8-20-39(29)26-9-4-3-5-10-26)36-33-35-16-12-31(37-33)38-18-6-1-2-7-19-38/h16,26-31,34H,1-15,17-25H2,(H,36,37)/t28-,29+,30?,31?/m0/s1. The van der Waals surface area contributed by atoms with E-state index in [1.54, 1.807) is 0 Å². The topological polar surface area (TPSA) is 94.0 Å². The lowest BCUT2D eigenvalue weighted by Gasteiger charge is -2.48. The third-order valence-electron chi connectivity index (χ3n) is 10.8. The van der Waals surface area contributed by atoms with E-state index in [1.807, 2.05) is 0 Å². The molecule has 0 radical (unpaired) electrons.